The molecule has 0 spiro atoms. The Morgan fingerprint density at radius 3 is 1.94 bits per heavy atom. The third kappa shape index (κ3) is 4.61. The van der Waals surface area contributed by atoms with Crippen LogP contribution in [-0.2, 0) is 13.6 Å². The van der Waals surface area contributed by atoms with Crippen molar-refractivity contribution in [3.8, 4) is 0 Å². The molecule has 0 amide bonds. The van der Waals surface area contributed by atoms with E-state index in [4.69, 9.17) is 9.05 Å². The number of halogens is 2. The molecule has 0 radical (unpaired) electrons. The summed E-state index contributed by atoms with van der Waals surface area (Å²) in [5.41, 5.74) is 0. The van der Waals surface area contributed by atoms with Gasteiger partial charge in [0.1, 0.15) is 0 Å². The second-order valence-corrected chi connectivity index (χ2v) is 10.6. The minimum atomic E-state index is -4.26. The Bertz CT molecular complexity index is 258. The Morgan fingerprint density at radius 1 is 1.19 bits per heavy atom. The number of rotatable bonds is 6. The summed E-state index contributed by atoms with van der Waals surface area (Å²) < 4.78 is 48.4. The summed E-state index contributed by atoms with van der Waals surface area (Å²) in [7, 11) is -4.86. The lowest BCUT2D eigenvalue weighted by molar-refractivity contribution is 0.275. The smallest absolute Gasteiger partial charge is 0.312 e. The molecule has 16 heavy (non-hydrogen) atoms. The molecule has 0 aromatic heterocycles. The molecule has 0 aliphatic carbocycles. The van der Waals surface area contributed by atoms with Crippen LogP contribution >= 0.6 is 7.60 Å². The molecular weight excluding hydrogens is 253 g/mol. The highest BCUT2D eigenvalue weighted by molar-refractivity contribution is 7.53. The van der Waals surface area contributed by atoms with Gasteiger partial charge in [-0.2, -0.15) is 0 Å². The van der Waals surface area contributed by atoms with Gasteiger partial charge in [-0.05, 0) is 12.5 Å². The van der Waals surface area contributed by atoms with E-state index in [9.17, 15) is 12.8 Å². The molecule has 3 nitrogen and oxygen atoms in total. The number of hydrogen-bond acceptors (Lipinski definition) is 3. The van der Waals surface area contributed by atoms with Gasteiger partial charge in [-0.1, -0.05) is 20.8 Å². The summed E-state index contributed by atoms with van der Waals surface area (Å²) in [6, 6.07) is -0.173. The van der Waals surface area contributed by atoms with Crippen LogP contribution in [0, 0.1) is 0 Å². The van der Waals surface area contributed by atoms with Crippen LogP contribution in [0.1, 0.15) is 27.2 Å². The third-order valence-electron chi connectivity index (χ3n) is 2.58. The first-order valence-electron chi connectivity index (χ1n) is 5.16. The predicted octanol–water partition coefficient (Wildman–Crippen LogP) is 4.04. The standard InChI is InChI=1S/C9H21F2O3PSi/c1-9(2,3)16(10,11)8-6-7-15(12,13-4)14-5/h6-8H2,1-5H3. The van der Waals surface area contributed by atoms with E-state index in [-0.39, 0.29) is 18.6 Å². The number of hydrogen-bond donors (Lipinski definition) is 0. The molecule has 0 aromatic rings. The topological polar surface area (TPSA) is 35.5 Å². The quantitative estimate of drug-likeness (QED) is 0.416. The van der Waals surface area contributed by atoms with Gasteiger partial charge in [-0.3, -0.25) is 12.8 Å². The van der Waals surface area contributed by atoms with Gasteiger partial charge in [0.15, 0.2) is 0 Å². The van der Waals surface area contributed by atoms with Gasteiger partial charge >= 0.3 is 16.3 Å². The first-order valence-corrected chi connectivity index (χ1v) is 8.85. The van der Waals surface area contributed by atoms with E-state index in [1.165, 1.54) is 14.2 Å². The molecule has 7 heteroatoms. The fourth-order valence-corrected chi connectivity index (χ4v) is 3.85. The van der Waals surface area contributed by atoms with Crippen LogP contribution in [0.25, 0.3) is 0 Å². The molecule has 0 unspecified atom stereocenters. The normalized spacial score (nSPS) is 14.2. The third-order valence-corrected chi connectivity index (χ3v) is 7.73. The van der Waals surface area contributed by atoms with Crippen LogP contribution in [0.15, 0.2) is 0 Å². The van der Waals surface area contributed by atoms with Crippen molar-refractivity contribution >= 4 is 16.3 Å². The molecule has 0 aliphatic heterocycles. The highest BCUT2D eigenvalue weighted by Gasteiger charge is 2.47. The lowest BCUT2D eigenvalue weighted by Gasteiger charge is -2.27. The zero-order chi connectivity index (χ0) is 13.0. The van der Waals surface area contributed by atoms with Crippen molar-refractivity contribution in [1.29, 1.82) is 0 Å². The minimum absolute atomic E-state index is 0.0542. The van der Waals surface area contributed by atoms with Crippen molar-refractivity contribution in [3.05, 3.63) is 0 Å². The van der Waals surface area contributed by atoms with Crippen LogP contribution in [0.3, 0.4) is 0 Å². The Kier molecular flexibility index (Phi) is 5.79. The van der Waals surface area contributed by atoms with E-state index in [2.05, 4.69) is 0 Å². The zero-order valence-corrected chi connectivity index (χ0v) is 12.4. The highest BCUT2D eigenvalue weighted by atomic mass is 31.2. The first-order chi connectivity index (χ1) is 7.08. The Labute approximate surface area is 97.4 Å². The van der Waals surface area contributed by atoms with Crippen LogP contribution in [0.4, 0.5) is 8.22 Å². The molecule has 0 heterocycles. The van der Waals surface area contributed by atoms with Gasteiger partial charge in [-0.15, -0.1) is 0 Å². The maximum absolute atomic E-state index is 13.7. The molecule has 0 saturated heterocycles. The summed E-state index contributed by atoms with van der Waals surface area (Å²) in [6.07, 6.45) is 0.230. The SMILES string of the molecule is COP(=O)(CCC[Si](F)(F)C(C)(C)C)OC. The fourth-order valence-electron chi connectivity index (χ4n) is 1.13. The van der Waals surface area contributed by atoms with Crippen LogP contribution < -0.4 is 0 Å². The van der Waals surface area contributed by atoms with Crippen molar-refractivity contribution in [1.82, 2.24) is 0 Å². The average Bonchev–Trinajstić information content (AvgIpc) is 2.15. The second kappa shape index (κ2) is 5.71. The molecule has 0 rings (SSSR count). The second-order valence-electron chi connectivity index (χ2n) is 4.76. The van der Waals surface area contributed by atoms with Gasteiger partial charge in [-0.25, -0.2) is 0 Å². The summed E-state index contributed by atoms with van der Waals surface area (Å²) in [5.74, 6) is 0. The molecule has 0 bridgehead atoms. The molecule has 0 atom stereocenters. The van der Waals surface area contributed by atoms with E-state index in [0.29, 0.717) is 0 Å². The fraction of sp³-hybridized carbons (Fsp3) is 1.00. The molecule has 98 valence electrons. The van der Waals surface area contributed by atoms with Crippen molar-refractivity contribution in [2.24, 2.45) is 0 Å². The van der Waals surface area contributed by atoms with Gasteiger partial charge in [0, 0.05) is 19.3 Å². The van der Waals surface area contributed by atoms with Crippen LogP contribution in [0.2, 0.25) is 11.1 Å². The first kappa shape index (κ1) is 16.2. The Balaban J connectivity index is 4.23. The monoisotopic (exact) mass is 274 g/mol. The molecule has 0 fully saturated rings. The zero-order valence-electron chi connectivity index (χ0n) is 10.5. The van der Waals surface area contributed by atoms with E-state index < -0.39 is 21.4 Å². The molecular formula is C9H21F2O3PSi. The lowest BCUT2D eigenvalue weighted by atomic mass is 10.2. The van der Waals surface area contributed by atoms with Crippen molar-refractivity contribution in [2.45, 2.75) is 38.3 Å². The summed E-state index contributed by atoms with van der Waals surface area (Å²) in [4.78, 5) is 0. The van der Waals surface area contributed by atoms with Gasteiger partial charge < -0.3 is 9.05 Å². The molecule has 0 aliphatic rings. The molecule has 0 saturated carbocycles. The predicted molar refractivity (Wildman–Crippen MR) is 63.6 cm³/mol. The van der Waals surface area contributed by atoms with E-state index in [1.807, 2.05) is 0 Å². The Morgan fingerprint density at radius 2 is 1.62 bits per heavy atom. The highest BCUT2D eigenvalue weighted by Crippen LogP contribution is 2.49. The van der Waals surface area contributed by atoms with Crippen molar-refractivity contribution in [2.75, 3.05) is 20.4 Å². The van der Waals surface area contributed by atoms with Crippen LogP contribution in [0.5, 0.6) is 0 Å². The minimum Gasteiger partial charge on any atom is -0.312 e. The van der Waals surface area contributed by atoms with E-state index in [0.717, 1.165) is 0 Å². The van der Waals surface area contributed by atoms with Gasteiger partial charge in [0.25, 0.3) is 0 Å². The van der Waals surface area contributed by atoms with Gasteiger partial charge in [0.05, 0.1) is 6.16 Å². The lowest BCUT2D eigenvalue weighted by Crippen LogP contribution is -2.34. The maximum atomic E-state index is 13.7. The van der Waals surface area contributed by atoms with E-state index >= 15 is 0 Å². The summed E-state index contributed by atoms with van der Waals surface area (Å²) in [5, 5.41) is -0.947. The largest absolute Gasteiger partial charge is 0.430 e. The Hall–Kier alpha value is 0.227. The van der Waals surface area contributed by atoms with Crippen molar-refractivity contribution < 1.29 is 21.8 Å². The molecule has 0 N–H and O–H groups in total. The van der Waals surface area contributed by atoms with E-state index in [1.54, 1.807) is 20.8 Å². The maximum Gasteiger partial charge on any atom is 0.430 e. The molecule has 0 aromatic carbocycles. The van der Waals surface area contributed by atoms with Crippen LogP contribution in [-0.4, -0.2) is 29.1 Å². The average molecular weight is 274 g/mol. The summed E-state index contributed by atoms with van der Waals surface area (Å²) >= 11 is 0. The summed E-state index contributed by atoms with van der Waals surface area (Å²) in [6.45, 7) is 4.64. The van der Waals surface area contributed by atoms with Gasteiger partial charge in [0.2, 0.25) is 0 Å². The van der Waals surface area contributed by atoms with Crippen molar-refractivity contribution in [3.63, 3.8) is 0 Å².